The molecule has 3 aromatic rings. The fraction of sp³-hybridized carbons (Fsp3) is 0.346. The van der Waals surface area contributed by atoms with Gasteiger partial charge in [0.25, 0.3) is 5.91 Å². The van der Waals surface area contributed by atoms with Crippen molar-refractivity contribution in [3.8, 4) is 11.4 Å². The number of amides is 1. The lowest BCUT2D eigenvalue weighted by Gasteiger charge is -2.21. The van der Waals surface area contributed by atoms with Crippen molar-refractivity contribution in [2.75, 3.05) is 6.54 Å². The smallest absolute Gasteiger partial charge is 0.419 e. The summed E-state index contributed by atoms with van der Waals surface area (Å²) in [5, 5.41) is 15.1. The zero-order valence-electron chi connectivity index (χ0n) is 20.2. The van der Waals surface area contributed by atoms with Crippen molar-refractivity contribution in [2.24, 2.45) is 0 Å². The first-order valence-corrected chi connectivity index (χ1v) is 11.5. The first kappa shape index (κ1) is 26.8. The summed E-state index contributed by atoms with van der Waals surface area (Å²) < 4.78 is 46.5. The molecular formula is C26H28F3N3O4. The molecule has 0 radical (unpaired) electrons. The Balaban J connectivity index is 1.77. The third kappa shape index (κ3) is 6.65. The van der Waals surface area contributed by atoms with Crippen LogP contribution in [0.2, 0.25) is 0 Å². The number of carbonyl (C=O) groups excluding carboxylic acids is 1. The van der Waals surface area contributed by atoms with E-state index in [4.69, 9.17) is 9.84 Å². The number of halogens is 3. The maximum atomic E-state index is 13.0. The molecule has 0 unspecified atom stereocenters. The third-order valence-corrected chi connectivity index (χ3v) is 5.60. The van der Waals surface area contributed by atoms with E-state index in [1.165, 1.54) is 4.68 Å². The van der Waals surface area contributed by atoms with Crippen LogP contribution >= 0.6 is 0 Å². The molecular weight excluding hydrogens is 475 g/mol. The van der Waals surface area contributed by atoms with Gasteiger partial charge in [0.05, 0.1) is 23.9 Å². The maximum absolute atomic E-state index is 13.0. The van der Waals surface area contributed by atoms with Gasteiger partial charge in [-0.3, -0.25) is 9.59 Å². The second-order valence-electron chi connectivity index (χ2n) is 8.49. The zero-order valence-corrected chi connectivity index (χ0v) is 20.2. The third-order valence-electron chi connectivity index (χ3n) is 5.60. The molecule has 0 aliphatic heterocycles. The topological polar surface area (TPSA) is 93.5 Å². The number of aryl methyl sites for hydroxylation is 2. The van der Waals surface area contributed by atoms with Crippen LogP contribution in [0.4, 0.5) is 13.2 Å². The van der Waals surface area contributed by atoms with Crippen LogP contribution in [-0.4, -0.2) is 33.3 Å². The summed E-state index contributed by atoms with van der Waals surface area (Å²) >= 11 is 0. The first-order chi connectivity index (χ1) is 17.0. The number of nitrogens with one attached hydrogen (secondary N) is 1. The van der Waals surface area contributed by atoms with Crippen molar-refractivity contribution in [1.82, 2.24) is 15.1 Å². The largest absolute Gasteiger partial charge is 0.486 e. The van der Waals surface area contributed by atoms with Gasteiger partial charge in [-0.2, -0.15) is 18.3 Å². The molecule has 0 aliphatic rings. The van der Waals surface area contributed by atoms with Crippen molar-refractivity contribution < 1.29 is 32.6 Å². The van der Waals surface area contributed by atoms with Gasteiger partial charge in [0.2, 0.25) is 0 Å². The molecule has 2 N–H and O–H groups in total. The number of aliphatic carboxylic acids is 1. The maximum Gasteiger partial charge on any atom is 0.419 e. The summed E-state index contributed by atoms with van der Waals surface area (Å²) in [6.07, 6.45) is -1.61. The van der Waals surface area contributed by atoms with Crippen molar-refractivity contribution in [3.63, 3.8) is 0 Å². The van der Waals surface area contributed by atoms with E-state index >= 15 is 0 Å². The molecule has 2 aromatic carbocycles. The van der Waals surface area contributed by atoms with Gasteiger partial charge in [0.1, 0.15) is 11.9 Å². The lowest BCUT2D eigenvalue weighted by atomic mass is 10.0. The summed E-state index contributed by atoms with van der Waals surface area (Å²) in [5.41, 5.74) is 2.44. The predicted molar refractivity (Wildman–Crippen MR) is 127 cm³/mol. The first-order valence-electron chi connectivity index (χ1n) is 11.5. The van der Waals surface area contributed by atoms with Gasteiger partial charge in [0.15, 0.2) is 0 Å². The Labute approximate surface area is 206 Å². The Morgan fingerprint density at radius 1 is 1.14 bits per heavy atom. The molecule has 3 rings (SSSR count). The number of carboxylic acids is 1. The molecule has 10 heteroatoms. The molecule has 0 fully saturated rings. The number of carboxylic acid groups (broad SMARTS) is 1. The van der Waals surface area contributed by atoms with E-state index in [2.05, 4.69) is 10.4 Å². The van der Waals surface area contributed by atoms with Crippen LogP contribution in [0, 0.1) is 13.8 Å². The second-order valence-corrected chi connectivity index (χ2v) is 8.49. The van der Waals surface area contributed by atoms with Gasteiger partial charge in [-0.05, 0) is 61.2 Å². The normalized spacial score (nSPS) is 12.3. The summed E-state index contributed by atoms with van der Waals surface area (Å²) in [4.78, 5) is 22.8. The van der Waals surface area contributed by atoms with Gasteiger partial charge < -0.3 is 15.2 Å². The van der Waals surface area contributed by atoms with Gasteiger partial charge in [-0.1, -0.05) is 25.5 Å². The van der Waals surface area contributed by atoms with Gasteiger partial charge >= 0.3 is 12.1 Å². The van der Waals surface area contributed by atoms with Crippen LogP contribution in [-0.2, 0) is 11.0 Å². The Hall–Kier alpha value is -3.82. The predicted octanol–water partition coefficient (Wildman–Crippen LogP) is 5.63. The van der Waals surface area contributed by atoms with Crippen LogP contribution in [0.25, 0.3) is 5.69 Å². The highest BCUT2D eigenvalue weighted by molar-refractivity contribution is 5.94. The summed E-state index contributed by atoms with van der Waals surface area (Å²) in [6, 6.07) is 10.4. The Kier molecular flexibility index (Phi) is 8.39. The molecule has 192 valence electrons. The molecule has 0 saturated carbocycles. The van der Waals surface area contributed by atoms with Crippen molar-refractivity contribution in [1.29, 1.82) is 0 Å². The highest BCUT2D eigenvalue weighted by Gasteiger charge is 2.32. The number of hydrogen-bond acceptors (Lipinski definition) is 4. The number of rotatable bonds is 10. The number of aromatic nitrogens is 2. The summed E-state index contributed by atoms with van der Waals surface area (Å²) in [7, 11) is 0. The van der Waals surface area contributed by atoms with Crippen molar-refractivity contribution in [3.05, 3.63) is 76.6 Å². The van der Waals surface area contributed by atoms with E-state index in [0.717, 1.165) is 24.4 Å². The number of alkyl halides is 3. The van der Waals surface area contributed by atoms with E-state index in [9.17, 15) is 22.8 Å². The Morgan fingerprint density at radius 2 is 1.78 bits per heavy atom. The molecule has 7 nitrogen and oxygen atoms in total. The number of carbonyl (C=O) groups is 2. The van der Waals surface area contributed by atoms with Crippen LogP contribution < -0.4 is 10.1 Å². The standard InChI is InChI=1S/C26H28F3N3O4/c1-4-5-22(18-6-8-19(9-7-18)25(35)30-11-10-23(33)34)36-21-12-16(2)24(17(3)13-21)32-15-20(14-31-32)26(27,28)29/h6-9,12-15,22H,4-5,10-11H2,1-3H3,(H,30,35)(H,33,34)/t22-/m1/s1. The molecule has 1 atom stereocenters. The fourth-order valence-corrected chi connectivity index (χ4v) is 3.89. The van der Waals surface area contributed by atoms with Crippen LogP contribution in [0.5, 0.6) is 5.75 Å². The molecule has 1 heterocycles. The minimum absolute atomic E-state index is 0.0439. The van der Waals surface area contributed by atoms with Crippen LogP contribution in [0.15, 0.2) is 48.8 Å². The average molecular weight is 504 g/mol. The zero-order chi connectivity index (χ0) is 26.5. The van der Waals surface area contributed by atoms with E-state index < -0.39 is 17.7 Å². The minimum atomic E-state index is -4.47. The Morgan fingerprint density at radius 3 is 2.31 bits per heavy atom. The van der Waals surface area contributed by atoms with E-state index in [-0.39, 0.29) is 25.0 Å². The average Bonchev–Trinajstić information content (AvgIpc) is 3.28. The van der Waals surface area contributed by atoms with Gasteiger partial charge in [-0.25, -0.2) is 4.68 Å². The number of nitrogens with zero attached hydrogens (tertiary/aromatic N) is 2. The molecule has 0 saturated heterocycles. The fourth-order valence-electron chi connectivity index (χ4n) is 3.89. The lowest BCUT2D eigenvalue weighted by molar-refractivity contribution is -0.138. The van der Waals surface area contributed by atoms with Crippen LogP contribution in [0.3, 0.4) is 0 Å². The molecule has 1 aromatic heterocycles. The molecule has 1 amide bonds. The monoisotopic (exact) mass is 503 g/mol. The molecule has 36 heavy (non-hydrogen) atoms. The molecule has 0 spiro atoms. The highest BCUT2D eigenvalue weighted by Crippen LogP contribution is 2.33. The van der Waals surface area contributed by atoms with Crippen molar-refractivity contribution in [2.45, 2.75) is 52.3 Å². The highest BCUT2D eigenvalue weighted by atomic mass is 19.4. The number of ether oxygens (including phenoxy) is 1. The van der Waals surface area contributed by atoms with E-state index in [1.807, 2.05) is 6.92 Å². The summed E-state index contributed by atoms with van der Waals surface area (Å²) in [6.45, 7) is 5.64. The summed E-state index contributed by atoms with van der Waals surface area (Å²) in [5.74, 6) is -0.768. The van der Waals surface area contributed by atoms with E-state index in [0.29, 0.717) is 34.5 Å². The Bertz CT molecular complexity index is 1200. The number of hydrogen-bond donors (Lipinski definition) is 2. The number of benzene rings is 2. The SMILES string of the molecule is CCC[C@@H](Oc1cc(C)c(-n2cc(C(F)(F)F)cn2)c(C)c1)c1ccc(C(=O)NCCC(=O)O)cc1. The minimum Gasteiger partial charge on any atom is -0.486 e. The quantitative estimate of drug-likeness (QED) is 0.374. The van der Waals surface area contributed by atoms with E-state index in [1.54, 1.807) is 50.2 Å². The molecule has 0 aliphatic carbocycles. The van der Waals surface area contributed by atoms with Crippen molar-refractivity contribution >= 4 is 11.9 Å². The molecule has 0 bridgehead atoms. The second kappa shape index (κ2) is 11.3. The van der Waals surface area contributed by atoms with Gasteiger partial charge in [-0.15, -0.1) is 0 Å². The lowest BCUT2D eigenvalue weighted by Crippen LogP contribution is -2.26. The van der Waals surface area contributed by atoms with Gasteiger partial charge in [0, 0.05) is 18.3 Å². The van der Waals surface area contributed by atoms with Crippen LogP contribution in [0.1, 0.15) is 64.9 Å².